The van der Waals surface area contributed by atoms with E-state index in [9.17, 15) is 0 Å². The van der Waals surface area contributed by atoms with Gasteiger partial charge in [0.2, 0.25) is 0 Å². The second-order valence-electron chi connectivity index (χ2n) is 2.44. The first-order valence-electron chi connectivity index (χ1n) is 3.65. The third kappa shape index (κ3) is 2.91. The summed E-state index contributed by atoms with van der Waals surface area (Å²) >= 11 is 10.8. The molecule has 1 aromatic carbocycles. The molecule has 0 heterocycles. The second kappa shape index (κ2) is 4.90. The quantitative estimate of drug-likeness (QED) is 0.759. The molecule has 0 saturated carbocycles. The molecule has 0 aliphatic heterocycles. The molecule has 1 atom stereocenters. The van der Waals surface area contributed by atoms with Gasteiger partial charge < -0.3 is 0 Å². The minimum absolute atomic E-state index is 0.0869. The van der Waals surface area contributed by atoms with Gasteiger partial charge in [-0.25, -0.2) is 0 Å². The highest BCUT2D eigenvalue weighted by molar-refractivity contribution is 9.10. The molecule has 0 amide bonds. The number of rotatable bonds is 2. The van der Waals surface area contributed by atoms with Crippen molar-refractivity contribution in [3.8, 4) is 6.07 Å². The molecule has 0 aliphatic rings. The van der Waals surface area contributed by atoms with E-state index >= 15 is 0 Å². The predicted octanol–water partition coefficient (Wildman–Crippen LogP) is 4.11. The smallest absolute Gasteiger partial charge is 0.0936 e. The number of nitriles is 1. The maximum absolute atomic E-state index is 8.65. The molecule has 1 nitrogen and oxygen atoms in total. The van der Waals surface area contributed by atoms with Crippen LogP contribution < -0.4 is 0 Å². The number of benzene rings is 1. The summed E-state index contributed by atoms with van der Waals surface area (Å²) in [6.45, 7) is 1.85. The van der Waals surface area contributed by atoms with Gasteiger partial charge in [-0.3, -0.25) is 0 Å². The fourth-order valence-electron chi connectivity index (χ4n) is 0.798. The molecule has 13 heavy (non-hydrogen) atoms. The van der Waals surface area contributed by atoms with Crippen LogP contribution in [0, 0.1) is 11.3 Å². The molecule has 1 aromatic rings. The monoisotopic (exact) mass is 275 g/mol. The second-order valence-corrected chi connectivity index (χ2v) is 5.05. The number of nitrogens with zero attached hydrogens (tertiary/aromatic N) is 1. The molecule has 0 aromatic heterocycles. The van der Waals surface area contributed by atoms with E-state index in [1.165, 1.54) is 11.8 Å². The molecule has 0 spiro atoms. The van der Waals surface area contributed by atoms with E-state index in [2.05, 4.69) is 22.0 Å². The Kier molecular flexibility index (Phi) is 4.11. The highest BCUT2D eigenvalue weighted by Crippen LogP contribution is 2.36. The lowest BCUT2D eigenvalue weighted by Crippen LogP contribution is -1.90. The van der Waals surface area contributed by atoms with Crippen LogP contribution in [0.4, 0.5) is 0 Å². The van der Waals surface area contributed by atoms with Gasteiger partial charge in [-0.1, -0.05) is 17.7 Å². The summed E-state index contributed by atoms with van der Waals surface area (Å²) in [5.41, 5.74) is 0. The van der Waals surface area contributed by atoms with E-state index < -0.39 is 0 Å². The highest BCUT2D eigenvalue weighted by Gasteiger charge is 2.09. The molecule has 0 saturated heterocycles. The number of halogens is 2. The van der Waals surface area contributed by atoms with Crippen LogP contribution in [0.25, 0.3) is 0 Å². The van der Waals surface area contributed by atoms with Crippen molar-refractivity contribution in [2.75, 3.05) is 0 Å². The van der Waals surface area contributed by atoms with Gasteiger partial charge in [0.25, 0.3) is 0 Å². The largest absolute Gasteiger partial charge is 0.197 e. The molecular formula is C9H7BrClNS. The fraction of sp³-hybridized carbons (Fsp3) is 0.222. The van der Waals surface area contributed by atoms with E-state index in [-0.39, 0.29) is 5.25 Å². The van der Waals surface area contributed by atoms with Crippen LogP contribution in [-0.2, 0) is 0 Å². The first-order valence-corrected chi connectivity index (χ1v) is 5.70. The van der Waals surface area contributed by atoms with Gasteiger partial charge in [-0.05, 0) is 35.0 Å². The number of thioether (sulfide) groups is 1. The van der Waals surface area contributed by atoms with E-state index in [0.717, 1.165) is 9.37 Å². The van der Waals surface area contributed by atoms with Gasteiger partial charge in [0.1, 0.15) is 0 Å². The summed E-state index contributed by atoms with van der Waals surface area (Å²) in [7, 11) is 0. The van der Waals surface area contributed by atoms with Gasteiger partial charge in [-0.15, -0.1) is 11.8 Å². The van der Waals surface area contributed by atoms with Gasteiger partial charge >= 0.3 is 0 Å². The van der Waals surface area contributed by atoms with Crippen LogP contribution in [0.1, 0.15) is 6.92 Å². The van der Waals surface area contributed by atoms with Gasteiger partial charge in [0.05, 0.1) is 16.3 Å². The molecule has 4 heteroatoms. The van der Waals surface area contributed by atoms with Crippen LogP contribution in [0.15, 0.2) is 27.6 Å². The van der Waals surface area contributed by atoms with E-state index in [0.29, 0.717) is 5.02 Å². The lowest BCUT2D eigenvalue weighted by atomic mass is 10.4. The predicted molar refractivity (Wildman–Crippen MR) is 60.1 cm³/mol. The Morgan fingerprint density at radius 2 is 2.31 bits per heavy atom. The molecule has 0 aliphatic carbocycles. The summed E-state index contributed by atoms with van der Waals surface area (Å²) in [4.78, 5) is 0.929. The van der Waals surface area contributed by atoms with Crippen molar-refractivity contribution in [2.45, 2.75) is 17.1 Å². The zero-order valence-corrected chi connectivity index (χ0v) is 10.1. The van der Waals surface area contributed by atoms with Crippen molar-refractivity contribution >= 4 is 39.3 Å². The maximum atomic E-state index is 8.65. The number of hydrogen-bond acceptors (Lipinski definition) is 2. The summed E-state index contributed by atoms with van der Waals surface area (Å²) in [6.07, 6.45) is 0. The normalized spacial score (nSPS) is 12.2. The summed E-state index contributed by atoms with van der Waals surface area (Å²) in [5, 5.41) is 9.24. The van der Waals surface area contributed by atoms with Crippen molar-refractivity contribution < 1.29 is 0 Å². The van der Waals surface area contributed by atoms with Crippen molar-refractivity contribution in [1.29, 1.82) is 5.26 Å². The minimum Gasteiger partial charge on any atom is -0.197 e. The Balaban J connectivity index is 2.95. The first kappa shape index (κ1) is 10.9. The molecule has 68 valence electrons. The Morgan fingerprint density at radius 3 is 2.85 bits per heavy atom. The summed E-state index contributed by atoms with van der Waals surface area (Å²) in [6, 6.07) is 7.75. The number of hydrogen-bond donors (Lipinski definition) is 0. The Hall–Kier alpha value is -0.170. The molecule has 0 radical (unpaired) electrons. The van der Waals surface area contributed by atoms with Crippen LogP contribution in [0.5, 0.6) is 0 Å². The van der Waals surface area contributed by atoms with Crippen LogP contribution in [-0.4, -0.2) is 5.25 Å². The first-order chi connectivity index (χ1) is 6.15. The third-order valence-electron chi connectivity index (χ3n) is 1.40. The van der Waals surface area contributed by atoms with Crippen LogP contribution >= 0.6 is 39.3 Å². The molecule has 0 fully saturated rings. The lowest BCUT2D eigenvalue weighted by molar-refractivity contribution is 1.23. The van der Waals surface area contributed by atoms with Crippen LogP contribution in [0.3, 0.4) is 0 Å². The lowest BCUT2D eigenvalue weighted by Gasteiger charge is -2.06. The average Bonchev–Trinajstić information content (AvgIpc) is 2.11. The molecule has 1 unspecified atom stereocenters. The Bertz CT molecular complexity index is 328. The standard InChI is InChI=1S/C9H7BrClNS/c1-6(5-12)13-9-7(10)3-2-4-8(9)11/h2-4,6H,1H3. The van der Waals surface area contributed by atoms with Crippen molar-refractivity contribution in [2.24, 2.45) is 0 Å². The average molecular weight is 277 g/mol. The Labute approximate surface area is 95.2 Å². The topological polar surface area (TPSA) is 23.8 Å². The summed E-state index contributed by atoms with van der Waals surface area (Å²) in [5.74, 6) is 0. The maximum Gasteiger partial charge on any atom is 0.0936 e. The van der Waals surface area contributed by atoms with Gasteiger partial charge in [0.15, 0.2) is 0 Å². The third-order valence-corrected chi connectivity index (χ3v) is 3.88. The van der Waals surface area contributed by atoms with E-state index in [1.54, 1.807) is 0 Å². The van der Waals surface area contributed by atoms with E-state index in [4.69, 9.17) is 16.9 Å². The molecule has 0 bridgehead atoms. The van der Waals surface area contributed by atoms with Crippen molar-refractivity contribution in [1.82, 2.24) is 0 Å². The Morgan fingerprint density at radius 1 is 1.62 bits per heavy atom. The van der Waals surface area contributed by atoms with Crippen molar-refractivity contribution in [3.63, 3.8) is 0 Å². The zero-order valence-electron chi connectivity index (χ0n) is 6.92. The fourth-order valence-corrected chi connectivity index (χ4v) is 2.63. The van der Waals surface area contributed by atoms with Crippen molar-refractivity contribution in [3.05, 3.63) is 27.7 Å². The molecule has 0 N–H and O–H groups in total. The highest BCUT2D eigenvalue weighted by atomic mass is 79.9. The zero-order chi connectivity index (χ0) is 9.84. The van der Waals surface area contributed by atoms with E-state index in [1.807, 2.05) is 25.1 Å². The molecular weight excluding hydrogens is 270 g/mol. The van der Waals surface area contributed by atoms with Gasteiger partial charge in [-0.2, -0.15) is 5.26 Å². The summed E-state index contributed by atoms with van der Waals surface area (Å²) < 4.78 is 0.937. The van der Waals surface area contributed by atoms with Crippen LogP contribution in [0.2, 0.25) is 5.02 Å². The minimum atomic E-state index is -0.0869. The van der Waals surface area contributed by atoms with Gasteiger partial charge in [0, 0.05) is 9.37 Å². The molecule has 1 rings (SSSR count). The SMILES string of the molecule is CC(C#N)Sc1c(Cl)cccc1Br.